The van der Waals surface area contributed by atoms with E-state index in [0.717, 1.165) is 12.4 Å². The SMILES string of the molecule is O=C(CBr)Nc1cnn(CC(F)(F)C(F)F)c1. The number of nitrogens with zero attached hydrogens (tertiary/aromatic N) is 2. The molecule has 0 radical (unpaired) electrons. The van der Waals surface area contributed by atoms with Crippen LogP contribution in [0.2, 0.25) is 0 Å². The molecule has 0 fully saturated rings. The number of nitrogens with one attached hydrogen (secondary N) is 1. The minimum absolute atomic E-state index is 0.0331. The number of halogens is 5. The van der Waals surface area contributed by atoms with Crippen LogP contribution in [0.5, 0.6) is 0 Å². The molecule has 0 aromatic carbocycles. The van der Waals surface area contributed by atoms with Gasteiger partial charge in [-0.3, -0.25) is 9.48 Å². The number of amides is 1. The monoisotopic (exact) mass is 317 g/mol. The molecule has 0 aliphatic heterocycles. The van der Waals surface area contributed by atoms with Gasteiger partial charge in [-0.05, 0) is 0 Å². The molecule has 1 amide bonds. The first-order valence-corrected chi connectivity index (χ1v) is 5.51. The largest absolute Gasteiger partial charge is 0.326 e. The van der Waals surface area contributed by atoms with Crippen LogP contribution in [-0.2, 0) is 11.3 Å². The van der Waals surface area contributed by atoms with Crippen molar-refractivity contribution in [3.63, 3.8) is 0 Å². The number of carbonyl (C=O) groups excluding carboxylic acids is 1. The maximum absolute atomic E-state index is 12.7. The summed E-state index contributed by atoms with van der Waals surface area (Å²) in [6, 6.07) is 0. The Morgan fingerprint density at radius 2 is 2.24 bits per heavy atom. The molecular weight excluding hydrogens is 310 g/mol. The number of rotatable bonds is 5. The predicted molar refractivity (Wildman–Crippen MR) is 55.6 cm³/mol. The molecule has 0 unspecified atom stereocenters. The molecule has 1 rings (SSSR count). The van der Waals surface area contributed by atoms with Gasteiger partial charge < -0.3 is 5.32 Å². The van der Waals surface area contributed by atoms with E-state index >= 15 is 0 Å². The smallest absolute Gasteiger partial charge is 0.323 e. The molecule has 0 aliphatic carbocycles. The van der Waals surface area contributed by atoms with Crippen molar-refractivity contribution in [2.24, 2.45) is 0 Å². The summed E-state index contributed by atoms with van der Waals surface area (Å²) in [6.45, 7) is -1.24. The van der Waals surface area contributed by atoms with Crippen molar-refractivity contribution < 1.29 is 22.4 Å². The van der Waals surface area contributed by atoms with Crippen LogP contribution in [0, 0.1) is 0 Å². The molecule has 0 saturated heterocycles. The van der Waals surface area contributed by atoms with E-state index in [1.807, 2.05) is 0 Å². The molecule has 1 aromatic rings. The summed E-state index contributed by atoms with van der Waals surface area (Å²) in [5.41, 5.74) is 0.166. The molecule has 4 nitrogen and oxygen atoms in total. The first-order chi connectivity index (χ1) is 7.85. The van der Waals surface area contributed by atoms with Crippen LogP contribution in [0.25, 0.3) is 0 Å². The molecule has 1 aromatic heterocycles. The standard InChI is InChI=1S/C8H8BrF4N3O/c9-1-6(17)15-5-2-14-16(3-5)4-8(12,13)7(10)11/h2-3,7H,1,4H2,(H,15,17). The highest BCUT2D eigenvalue weighted by Crippen LogP contribution is 2.24. The summed E-state index contributed by atoms with van der Waals surface area (Å²) in [5.74, 6) is -4.55. The van der Waals surface area contributed by atoms with Crippen molar-refractivity contribution in [2.75, 3.05) is 10.6 Å². The Morgan fingerprint density at radius 3 is 2.76 bits per heavy atom. The molecule has 17 heavy (non-hydrogen) atoms. The maximum atomic E-state index is 12.7. The van der Waals surface area contributed by atoms with Crippen LogP contribution < -0.4 is 5.32 Å². The van der Waals surface area contributed by atoms with Gasteiger partial charge in [-0.2, -0.15) is 13.9 Å². The normalized spacial score (nSPS) is 11.9. The van der Waals surface area contributed by atoms with Crippen molar-refractivity contribution in [1.82, 2.24) is 9.78 Å². The molecule has 0 bridgehead atoms. The summed E-state index contributed by atoms with van der Waals surface area (Å²) in [7, 11) is 0. The Bertz CT molecular complexity index is 396. The van der Waals surface area contributed by atoms with Gasteiger partial charge in [0.15, 0.2) is 0 Å². The molecule has 0 saturated carbocycles. The minimum Gasteiger partial charge on any atom is -0.323 e. The van der Waals surface area contributed by atoms with Crippen LogP contribution in [0.1, 0.15) is 0 Å². The van der Waals surface area contributed by atoms with Gasteiger partial charge in [0.1, 0.15) is 6.54 Å². The van der Waals surface area contributed by atoms with E-state index in [2.05, 4.69) is 26.3 Å². The fourth-order valence-electron chi connectivity index (χ4n) is 0.994. The minimum atomic E-state index is -4.15. The Kier molecular flexibility index (Phi) is 4.49. The van der Waals surface area contributed by atoms with Crippen molar-refractivity contribution in [1.29, 1.82) is 0 Å². The highest BCUT2D eigenvalue weighted by atomic mass is 79.9. The molecular formula is C8H8BrF4N3O. The van der Waals surface area contributed by atoms with Gasteiger partial charge in [0.05, 0.1) is 17.2 Å². The van der Waals surface area contributed by atoms with Gasteiger partial charge in [-0.1, -0.05) is 15.9 Å². The second kappa shape index (κ2) is 5.48. The van der Waals surface area contributed by atoms with E-state index < -0.39 is 24.8 Å². The fourth-order valence-corrected chi connectivity index (χ4v) is 1.13. The van der Waals surface area contributed by atoms with Crippen LogP contribution in [-0.4, -0.2) is 33.4 Å². The van der Waals surface area contributed by atoms with Crippen molar-refractivity contribution >= 4 is 27.5 Å². The number of hydrogen-bond acceptors (Lipinski definition) is 2. The van der Waals surface area contributed by atoms with Crippen LogP contribution in [0.3, 0.4) is 0 Å². The Balaban J connectivity index is 2.66. The highest BCUT2D eigenvalue weighted by molar-refractivity contribution is 9.09. The van der Waals surface area contributed by atoms with Gasteiger partial charge in [-0.15, -0.1) is 0 Å². The van der Waals surface area contributed by atoms with Gasteiger partial charge in [-0.25, -0.2) is 8.78 Å². The molecule has 0 atom stereocenters. The summed E-state index contributed by atoms with van der Waals surface area (Å²) >= 11 is 2.89. The van der Waals surface area contributed by atoms with Gasteiger partial charge >= 0.3 is 12.3 Å². The topological polar surface area (TPSA) is 46.9 Å². The first kappa shape index (κ1) is 13.9. The third-order valence-corrected chi connectivity index (χ3v) is 2.24. The summed E-state index contributed by atoms with van der Waals surface area (Å²) < 4.78 is 49.8. The maximum Gasteiger partial charge on any atom is 0.326 e. The number of aromatic nitrogens is 2. The van der Waals surface area contributed by atoms with Crippen LogP contribution >= 0.6 is 15.9 Å². The Morgan fingerprint density at radius 1 is 1.59 bits per heavy atom. The highest BCUT2D eigenvalue weighted by Gasteiger charge is 2.41. The van der Waals surface area contributed by atoms with Gasteiger partial charge in [0.2, 0.25) is 5.91 Å². The van der Waals surface area contributed by atoms with Crippen molar-refractivity contribution in [3.05, 3.63) is 12.4 Å². The van der Waals surface area contributed by atoms with Crippen molar-refractivity contribution in [3.8, 4) is 0 Å². The van der Waals surface area contributed by atoms with Gasteiger partial charge in [0.25, 0.3) is 0 Å². The molecule has 96 valence electrons. The van der Waals surface area contributed by atoms with Crippen LogP contribution in [0.15, 0.2) is 12.4 Å². The fraction of sp³-hybridized carbons (Fsp3) is 0.500. The summed E-state index contributed by atoms with van der Waals surface area (Å²) in [5, 5.41) is 5.80. The Labute approximate surface area is 102 Å². The molecule has 0 aliphatic rings. The molecule has 9 heteroatoms. The van der Waals surface area contributed by atoms with E-state index in [9.17, 15) is 22.4 Å². The molecule has 1 N–H and O–H groups in total. The lowest BCUT2D eigenvalue weighted by molar-refractivity contribution is -0.139. The number of hydrogen-bond donors (Lipinski definition) is 1. The Hall–Kier alpha value is -1.12. The average Bonchev–Trinajstić information content (AvgIpc) is 2.64. The van der Waals surface area contributed by atoms with Crippen molar-refractivity contribution in [2.45, 2.75) is 18.9 Å². The summed E-state index contributed by atoms with van der Waals surface area (Å²) in [6.07, 6.45) is -1.61. The van der Waals surface area contributed by atoms with Crippen LogP contribution in [0.4, 0.5) is 23.2 Å². The molecule has 0 spiro atoms. The lowest BCUT2D eigenvalue weighted by Crippen LogP contribution is -2.32. The third kappa shape index (κ3) is 3.99. The van der Waals surface area contributed by atoms with Gasteiger partial charge in [0, 0.05) is 6.20 Å². The number of alkyl halides is 5. The summed E-state index contributed by atoms with van der Waals surface area (Å²) in [4.78, 5) is 10.9. The lowest BCUT2D eigenvalue weighted by atomic mass is 10.3. The zero-order valence-electron chi connectivity index (χ0n) is 8.34. The number of anilines is 1. The quantitative estimate of drug-likeness (QED) is 0.668. The second-order valence-corrected chi connectivity index (χ2v) is 3.73. The average molecular weight is 318 g/mol. The lowest BCUT2D eigenvalue weighted by Gasteiger charge is -2.14. The zero-order chi connectivity index (χ0) is 13.1. The van der Waals surface area contributed by atoms with E-state index in [0.29, 0.717) is 4.68 Å². The predicted octanol–water partition coefficient (Wildman–Crippen LogP) is 2.12. The first-order valence-electron chi connectivity index (χ1n) is 4.39. The number of carbonyl (C=O) groups is 1. The van der Waals surface area contributed by atoms with E-state index in [1.165, 1.54) is 0 Å². The molecule has 1 heterocycles. The van der Waals surface area contributed by atoms with E-state index in [1.54, 1.807) is 0 Å². The third-order valence-electron chi connectivity index (χ3n) is 1.73. The van der Waals surface area contributed by atoms with E-state index in [4.69, 9.17) is 0 Å². The van der Waals surface area contributed by atoms with E-state index in [-0.39, 0.29) is 11.0 Å². The second-order valence-electron chi connectivity index (χ2n) is 3.17. The zero-order valence-corrected chi connectivity index (χ0v) is 9.92.